The summed E-state index contributed by atoms with van der Waals surface area (Å²) >= 11 is 3.35. The molecule has 0 saturated carbocycles. The lowest BCUT2D eigenvalue weighted by molar-refractivity contribution is 0.0718. The third-order valence-corrected chi connectivity index (χ3v) is 8.25. The molecule has 6 rings (SSSR count). The number of esters is 3. The summed E-state index contributed by atoms with van der Waals surface area (Å²) in [5.41, 5.74) is 8.17. The molecule has 0 heterocycles. The molecule has 6 aromatic rings. The maximum absolute atomic E-state index is 12.2. The smallest absolute Gasteiger partial charge is 0.343 e. The number of benzene rings is 6. The zero-order valence-corrected chi connectivity index (χ0v) is 29.7. The number of rotatable bonds is 7. The number of aryl methyl sites for hydroxylation is 4. The van der Waals surface area contributed by atoms with Crippen molar-refractivity contribution in [3.63, 3.8) is 0 Å². The quantitative estimate of drug-likeness (QED) is 0.120. The fourth-order valence-corrected chi connectivity index (χ4v) is 5.09. The molecule has 0 amide bonds. The lowest BCUT2D eigenvalue weighted by atomic mass is 10.0. The number of ether oxygens (including phenoxy) is 3. The van der Waals surface area contributed by atoms with E-state index in [0.717, 1.165) is 27.8 Å². The summed E-state index contributed by atoms with van der Waals surface area (Å²) in [6, 6.07) is 42.2. The zero-order chi connectivity index (χ0) is 35.6. The Morgan fingerprint density at radius 3 is 1.16 bits per heavy atom. The number of carbonyl (C=O) groups excluding carboxylic acids is 3. The molecule has 6 aromatic carbocycles. The van der Waals surface area contributed by atoms with Gasteiger partial charge in [0.2, 0.25) is 0 Å². The van der Waals surface area contributed by atoms with Crippen molar-refractivity contribution in [2.45, 2.75) is 27.7 Å². The minimum atomic E-state index is -0.458. The highest BCUT2D eigenvalue weighted by Crippen LogP contribution is 2.30. The molecule has 0 aliphatic heterocycles. The molecule has 0 atom stereocenters. The number of halogens is 1. The lowest BCUT2D eigenvalue weighted by Crippen LogP contribution is -2.10. The molecule has 0 aliphatic carbocycles. The van der Waals surface area contributed by atoms with Crippen LogP contribution in [0.25, 0.3) is 11.1 Å². The van der Waals surface area contributed by atoms with Crippen LogP contribution in [0, 0.1) is 27.7 Å². The number of carbonyl (C=O) groups is 3. The first-order valence-corrected chi connectivity index (χ1v) is 16.7. The zero-order valence-electron chi connectivity index (χ0n) is 28.1. The Balaban J connectivity index is 0.000000197. The normalized spacial score (nSPS) is 10.3. The molecule has 0 N–H and O–H groups in total. The second-order valence-corrected chi connectivity index (χ2v) is 12.6. The topological polar surface area (TPSA) is 78.9 Å². The van der Waals surface area contributed by atoms with Gasteiger partial charge in [0.05, 0.1) is 21.2 Å². The molecule has 50 heavy (non-hydrogen) atoms. The predicted octanol–water partition coefficient (Wildman–Crippen LogP) is 10.7. The second kappa shape index (κ2) is 16.5. The van der Waals surface area contributed by atoms with Gasteiger partial charge in [-0.1, -0.05) is 95.1 Å². The summed E-state index contributed by atoms with van der Waals surface area (Å²) in [5.74, 6) is -0.00258. The Labute approximate surface area is 300 Å². The SMILES string of the molecule is Cc1ccc(C(=O)Oc2ccc(OC(=O)c3ccc(C)cc3)c(Br)c2)cc1.Cc1ccc(OC(=O)c2ccc(-c3ccc(C)cc3)cc2)cc1. The monoisotopic (exact) mass is 726 g/mol. The molecular formula is C43H35BrO6. The van der Waals surface area contributed by atoms with E-state index in [-0.39, 0.29) is 5.97 Å². The van der Waals surface area contributed by atoms with Gasteiger partial charge in [-0.3, -0.25) is 0 Å². The van der Waals surface area contributed by atoms with Crippen LogP contribution in [-0.4, -0.2) is 17.9 Å². The van der Waals surface area contributed by atoms with Crippen molar-refractivity contribution in [3.8, 4) is 28.4 Å². The fourth-order valence-electron chi connectivity index (χ4n) is 4.65. The van der Waals surface area contributed by atoms with Crippen molar-refractivity contribution in [2.24, 2.45) is 0 Å². The van der Waals surface area contributed by atoms with Gasteiger partial charge in [-0.05, 0) is 121 Å². The van der Waals surface area contributed by atoms with Crippen LogP contribution >= 0.6 is 15.9 Å². The summed E-state index contributed by atoms with van der Waals surface area (Å²) in [5, 5.41) is 0. The maximum Gasteiger partial charge on any atom is 0.343 e. The maximum atomic E-state index is 12.2. The van der Waals surface area contributed by atoms with Gasteiger partial charge < -0.3 is 14.2 Å². The summed E-state index contributed by atoms with van der Waals surface area (Å²) < 4.78 is 16.7. The molecule has 6 nitrogen and oxygen atoms in total. The molecule has 0 unspecified atom stereocenters. The van der Waals surface area contributed by atoms with E-state index in [1.807, 2.05) is 69.3 Å². The molecule has 250 valence electrons. The van der Waals surface area contributed by atoms with Crippen LogP contribution in [-0.2, 0) is 0 Å². The van der Waals surface area contributed by atoms with E-state index in [1.165, 1.54) is 5.56 Å². The third-order valence-electron chi connectivity index (χ3n) is 7.63. The molecule has 0 aliphatic rings. The Hall–Kier alpha value is -5.79. The number of hydrogen-bond donors (Lipinski definition) is 0. The van der Waals surface area contributed by atoms with Gasteiger partial charge in [0.1, 0.15) is 17.2 Å². The average molecular weight is 728 g/mol. The van der Waals surface area contributed by atoms with Gasteiger partial charge in [0.25, 0.3) is 0 Å². The highest BCUT2D eigenvalue weighted by atomic mass is 79.9. The van der Waals surface area contributed by atoms with Crippen LogP contribution in [0.15, 0.2) is 144 Å². The molecule has 0 aromatic heterocycles. The highest BCUT2D eigenvalue weighted by molar-refractivity contribution is 9.10. The summed E-state index contributed by atoms with van der Waals surface area (Å²) in [6.45, 7) is 7.95. The van der Waals surface area contributed by atoms with E-state index in [4.69, 9.17) is 14.2 Å². The highest BCUT2D eigenvalue weighted by Gasteiger charge is 2.14. The van der Waals surface area contributed by atoms with Crippen molar-refractivity contribution < 1.29 is 28.6 Å². The summed E-state index contributed by atoms with van der Waals surface area (Å²) in [6.07, 6.45) is 0. The Kier molecular flexibility index (Phi) is 11.8. The fraction of sp³-hybridized carbons (Fsp3) is 0.0930. The average Bonchev–Trinajstić information content (AvgIpc) is 3.11. The van der Waals surface area contributed by atoms with E-state index in [9.17, 15) is 14.4 Å². The lowest BCUT2D eigenvalue weighted by Gasteiger charge is -2.09. The van der Waals surface area contributed by atoms with E-state index >= 15 is 0 Å². The number of hydrogen-bond acceptors (Lipinski definition) is 6. The molecule has 0 spiro atoms. The Morgan fingerprint density at radius 1 is 0.400 bits per heavy atom. The Morgan fingerprint density at radius 2 is 0.720 bits per heavy atom. The minimum absolute atomic E-state index is 0.343. The molecule has 0 saturated heterocycles. The molecule has 0 bridgehead atoms. The van der Waals surface area contributed by atoms with Crippen molar-refractivity contribution in [3.05, 3.63) is 183 Å². The van der Waals surface area contributed by atoms with Crippen molar-refractivity contribution >= 4 is 33.8 Å². The standard InChI is InChI=1S/C22H17BrO4.C21H18O2/c1-14-3-7-16(8-4-14)21(24)26-18-11-12-20(19(23)13-18)27-22(25)17-9-5-15(2)6-10-17;1-15-3-7-17(8-4-15)18-9-11-19(12-10-18)21(22)23-20-13-5-16(2)6-14-20/h3-13H,1-2H3;3-14H,1-2H3. The van der Waals surface area contributed by atoms with E-state index in [1.54, 1.807) is 66.7 Å². The minimum Gasteiger partial charge on any atom is -0.423 e. The van der Waals surface area contributed by atoms with Crippen LogP contribution < -0.4 is 14.2 Å². The molecule has 7 heteroatoms. The van der Waals surface area contributed by atoms with Gasteiger partial charge in [0.15, 0.2) is 0 Å². The summed E-state index contributed by atoms with van der Waals surface area (Å²) in [4.78, 5) is 36.6. The molecule has 0 radical (unpaired) electrons. The van der Waals surface area contributed by atoms with E-state index in [0.29, 0.717) is 38.4 Å². The third kappa shape index (κ3) is 9.87. The van der Waals surface area contributed by atoms with Crippen molar-refractivity contribution in [1.29, 1.82) is 0 Å². The first kappa shape index (κ1) is 35.5. The van der Waals surface area contributed by atoms with Crippen molar-refractivity contribution in [1.82, 2.24) is 0 Å². The van der Waals surface area contributed by atoms with Crippen LogP contribution in [0.1, 0.15) is 53.3 Å². The van der Waals surface area contributed by atoms with E-state index < -0.39 is 11.9 Å². The predicted molar refractivity (Wildman–Crippen MR) is 199 cm³/mol. The first-order valence-electron chi connectivity index (χ1n) is 15.9. The van der Waals surface area contributed by atoms with Crippen molar-refractivity contribution in [2.75, 3.05) is 0 Å². The molecular weight excluding hydrogens is 692 g/mol. The van der Waals surface area contributed by atoms with Crippen LogP contribution in [0.5, 0.6) is 17.2 Å². The largest absolute Gasteiger partial charge is 0.423 e. The van der Waals surface area contributed by atoms with Gasteiger partial charge in [-0.25, -0.2) is 14.4 Å². The van der Waals surface area contributed by atoms with Crippen LogP contribution in [0.4, 0.5) is 0 Å². The van der Waals surface area contributed by atoms with Gasteiger partial charge in [0, 0.05) is 0 Å². The van der Waals surface area contributed by atoms with Gasteiger partial charge in [-0.2, -0.15) is 0 Å². The van der Waals surface area contributed by atoms with Gasteiger partial charge in [-0.15, -0.1) is 0 Å². The first-order chi connectivity index (χ1) is 24.0. The Bertz CT molecular complexity index is 2080. The second-order valence-electron chi connectivity index (χ2n) is 11.7. The van der Waals surface area contributed by atoms with E-state index in [2.05, 4.69) is 47.1 Å². The summed E-state index contributed by atoms with van der Waals surface area (Å²) in [7, 11) is 0. The van der Waals surface area contributed by atoms with Gasteiger partial charge >= 0.3 is 17.9 Å². The molecule has 0 fully saturated rings. The van der Waals surface area contributed by atoms with Crippen LogP contribution in [0.3, 0.4) is 0 Å². The van der Waals surface area contributed by atoms with Crippen LogP contribution in [0.2, 0.25) is 0 Å².